The van der Waals surface area contributed by atoms with E-state index in [1.165, 1.54) is 26.4 Å². The van der Waals surface area contributed by atoms with Gasteiger partial charge in [-0.15, -0.1) is 0 Å². The molecule has 0 bridgehead atoms. The normalized spacial score (nSPS) is 17.7. The molecule has 1 aromatic rings. The van der Waals surface area contributed by atoms with Crippen molar-refractivity contribution in [2.75, 3.05) is 12.4 Å². The molecule has 0 spiro atoms. The summed E-state index contributed by atoms with van der Waals surface area (Å²) < 4.78 is 4.93. The molecule has 0 saturated heterocycles. The van der Waals surface area contributed by atoms with Gasteiger partial charge in [-0.1, -0.05) is 6.42 Å². The van der Waals surface area contributed by atoms with Gasteiger partial charge >= 0.3 is 6.01 Å². The van der Waals surface area contributed by atoms with Gasteiger partial charge in [0.15, 0.2) is 0 Å². The Morgan fingerprint density at radius 1 is 1.38 bits per heavy atom. The van der Waals surface area contributed by atoms with Crippen LogP contribution in [-0.4, -0.2) is 28.1 Å². The van der Waals surface area contributed by atoms with Crippen LogP contribution >= 0.6 is 11.6 Å². The second-order valence-electron chi connectivity index (χ2n) is 4.04. The van der Waals surface area contributed by atoms with Crippen LogP contribution in [0.4, 0.5) is 5.95 Å². The SMILES string of the molecule is COc1nc(Cl)nc(NC(C)C2CCC2)n1. The van der Waals surface area contributed by atoms with Crippen LogP contribution in [-0.2, 0) is 0 Å². The molecule has 88 valence electrons. The van der Waals surface area contributed by atoms with Gasteiger partial charge in [-0.2, -0.15) is 15.0 Å². The highest BCUT2D eigenvalue weighted by Gasteiger charge is 2.24. The zero-order valence-corrected chi connectivity index (χ0v) is 10.2. The van der Waals surface area contributed by atoms with E-state index in [2.05, 4.69) is 27.2 Å². The molecular formula is C10H15ClN4O. The first kappa shape index (κ1) is 11.4. The van der Waals surface area contributed by atoms with Crippen LogP contribution in [0.25, 0.3) is 0 Å². The highest BCUT2D eigenvalue weighted by atomic mass is 35.5. The van der Waals surface area contributed by atoms with E-state index in [1.54, 1.807) is 0 Å². The third-order valence-electron chi connectivity index (χ3n) is 2.98. The standard InChI is InChI=1S/C10H15ClN4O/c1-6(7-4-3-5-7)12-9-13-8(11)14-10(15-9)16-2/h6-7H,3-5H2,1-2H3,(H,12,13,14,15). The molecule has 1 atom stereocenters. The van der Waals surface area contributed by atoms with Crippen molar-refractivity contribution in [1.82, 2.24) is 15.0 Å². The molecule has 1 aliphatic carbocycles. The summed E-state index contributed by atoms with van der Waals surface area (Å²) in [6.07, 6.45) is 3.85. The minimum absolute atomic E-state index is 0.148. The van der Waals surface area contributed by atoms with Crippen LogP contribution in [0.5, 0.6) is 6.01 Å². The monoisotopic (exact) mass is 242 g/mol. The first-order valence-corrected chi connectivity index (χ1v) is 5.79. The maximum absolute atomic E-state index is 5.76. The summed E-state index contributed by atoms with van der Waals surface area (Å²) in [5.74, 6) is 1.19. The zero-order valence-electron chi connectivity index (χ0n) is 9.40. The summed E-state index contributed by atoms with van der Waals surface area (Å²) in [5, 5.41) is 3.38. The fourth-order valence-corrected chi connectivity index (χ4v) is 1.90. The highest BCUT2D eigenvalue weighted by Crippen LogP contribution is 2.30. The largest absolute Gasteiger partial charge is 0.467 e. The van der Waals surface area contributed by atoms with Gasteiger partial charge in [-0.05, 0) is 37.3 Å². The molecule has 6 heteroatoms. The Morgan fingerprint density at radius 2 is 2.12 bits per heavy atom. The van der Waals surface area contributed by atoms with E-state index in [0.29, 0.717) is 17.9 Å². The average molecular weight is 243 g/mol. The number of hydrogen-bond acceptors (Lipinski definition) is 5. The predicted octanol–water partition coefficient (Wildman–Crippen LogP) is 2.13. The minimum atomic E-state index is 0.148. The van der Waals surface area contributed by atoms with E-state index in [9.17, 15) is 0 Å². The Hall–Kier alpha value is -1.10. The van der Waals surface area contributed by atoms with E-state index >= 15 is 0 Å². The molecule has 1 unspecified atom stereocenters. The summed E-state index contributed by atoms with van der Waals surface area (Å²) in [4.78, 5) is 11.9. The summed E-state index contributed by atoms with van der Waals surface area (Å²) in [6.45, 7) is 2.13. The molecule has 1 heterocycles. The molecule has 1 fully saturated rings. The highest BCUT2D eigenvalue weighted by molar-refractivity contribution is 6.28. The van der Waals surface area contributed by atoms with E-state index in [-0.39, 0.29) is 11.3 Å². The number of nitrogens with one attached hydrogen (secondary N) is 1. The summed E-state index contributed by atoms with van der Waals surface area (Å²) >= 11 is 5.76. The Balaban J connectivity index is 2.04. The van der Waals surface area contributed by atoms with Crippen LogP contribution in [0.1, 0.15) is 26.2 Å². The van der Waals surface area contributed by atoms with Gasteiger partial charge in [-0.3, -0.25) is 0 Å². The minimum Gasteiger partial charge on any atom is -0.467 e. The second-order valence-corrected chi connectivity index (χ2v) is 4.38. The first-order valence-electron chi connectivity index (χ1n) is 5.41. The molecule has 1 saturated carbocycles. The number of anilines is 1. The number of rotatable bonds is 4. The van der Waals surface area contributed by atoms with Crippen LogP contribution in [0.3, 0.4) is 0 Å². The van der Waals surface area contributed by atoms with E-state index in [4.69, 9.17) is 16.3 Å². The number of hydrogen-bond donors (Lipinski definition) is 1. The van der Waals surface area contributed by atoms with Crippen molar-refractivity contribution in [2.45, 2.75) is 32.2 Å². The molecule has 16 heavy (non-hydrogen) atoms. The molecule has 0 aromatic carbocycles. The van der Waals surface area contributed by atoms with Gasteiger partial charge in [-0.25, -0.2) is 0 Å². The number of ether oxygens (including phenoxy) is 1. The molecular weight excluding hydrogens is 228 g/mol. The van der Waals surface area contributed by atoms with Crippen molar-refractivity contribution in [2.24, 2.45) is 5.92 Å². The van der Waals surface area contributed by atoms with Crippen molar-refractivity contribution < 1.29 is 4.74 Å². The Morgan fingerprint density at radius 3 is 2.69 bits per heavy atom. The fraction of sp³-hybridized carbons (Fsp3) is 0.700. The number of aromatic nitrogens is 3. The number of methoxy groups -OCH3 is 1. The third-order valence-corrected chi connectivity index (χ3v) is 3.15. The van der Waals surface area contributed by atoms with Crippen molar-refractivity contribution in [3.05, 3.63) is 5.28 Å². The van der Waals surface area contributed by atoms with E-state index in [0.717, 1.165) is 0 Å². The smallest absolute Gasteiger partial charge is 0.322 e. The molecule has 1 aromatic heterocycles. The molecule has 5 nitrogen and oxygen atoms in total. The van der Waals surface area contributed by atoms with Gasteiger partial charge < -0.3 is 10.1 Å². The molecule has 0 amide bonds. The third kappa shape index (κ3) is 2.52. The van der Waals surface area contributed by atoms with Gasteiger partial charge in [0.1, 0.15) is 0 Å². The predicted molar refractivity (Wildman–Crippen MR) is 61.8 cm³/mol. The number of halogens is 1. The van der Waals surface area contributed by atoms with Gasteiger partial charge in [0.25, 0.3) is 0 Å². The van der Waals surface area contributed by atoms with E-state index < -0.39 is 0 Å². The lowest BCUT2D eigenvalue weighted by Gasteiger charge is -2.31. The van der Waals surface area contributed by atoms with Crippen molar-refractivity contribution in [1.29, 1.82) is 0 Å². The molecule has 1 aliphatic rings. The lowest BCUT2D eigenvalue weighted by Crippen LogP contribution is -2.31. The van der Waals surface area contributed by atoms with Crippen molar-refractivity contribution in [3.63, 3.8) is 0 Å². The van der Waals surface area contributed by atoms with Crippen molar-refractivity contribution in [3.8, 4) is 6.01 Å². The molecule has 2 rings (SSSR count). The lowest BCUT2D eigenvalue weighted by atomic mass is 9.80. The summed E-state index contributed by atoms with van der Waals surface area (Å²) in [6, 6.07) is 0.597. The lowest BCUT2D eigenvalue weighted by molar-refractivity contribution is 0.284. The molecule has 0 radical (unpaired) electrons. The topological polar surface area (TPSA) is 59.9 Å². The molecule has 0 aliphatic heterocycles. The molecule has 1 N–H and O–H groups in total. The van der Waals surface area contributed by atoms with Crippen LogP contribution < -0.4 is 10.1 Å². The number of nitrogens with zero attached hydrogens (tertiary/aromatic N) is 3. The summed E-state index contributed by atoms with van der Waals surface area (Å²) in [5.41, 5.74) is 0. The fourth-order valence-electron chi connectivity index (χ4n) is 1.75. The van der Waals surface area contributed by atoms with E-state index in [1.807, 2.05) is 0 Å². The van der Waals surface area contributed by atoms with Crippen LogP contribution in [0, 0.1) is 5.92 Å². The Labute approximate surface area is 99.6 Å². The maximum Gasteiger partial charge on any atom is 0.322 e. The van der Waals surface area contributed by atoms with Gasteiger partial charge in [0, 0.05) is 6.04 Å². The Kier molecular flexibility index (Phi) is 3.43. The zero-order chi connectivity index (χ0) is 11.5. The van der Waals surface area contributed by atoms with Crippen LogP contribution in [0.15, 0.2) is 0 Å². The quantitative estimate of drug-likeness (QED) is 0.877. The van der Waals surface area contributed by atoms with Gasteiger partial charge in [0.2, 0.25) is 11.2 Å². The summed E-state index contributed by atoms with van der Waals surface area (Å²) in [7, 11) is 1.50. The average Bonchev–Trinajstić information content (AvgIpc) is 2.13. The maximum atomic E-state index is 5.76. The van der Waals surface area contributed by atoms with Crippen LogP contribution in [0.2, 0.25) is 5.28 Å². The first-order chi connectivity index (χ1) is 7.69. The second kappa shape index (κ2) is 4.82. The van der Waals surface area contributed by atoms with Crippen molar-refractivity contribution >= 4 is 17.5 Å². The Bertz CT molecular complexity index is 370. The van der Waals surface area contributed by atoms with Gasteiger partial charge in [0.05, 0.1) is 7.11 Å².